The second kappa shape index (κ2) is 4.98. The Kier molecular flexibility index (Phi) is 3.92. The van der Waals surface area contributed by atoms with Crippen LogP contribution in [0.4, 0.5) is 8.78 Å². The molecule has 1 aromatic carbocycles. The fraction of sp³-hybridized carbons (Fsp3) is 0.400. The molecule has 0 saturated heterocycles. The van der Waals surface area contributed by atoms with E-state index in [-0.39, 0.29) is 11.2 Å². The van der Waals surface area contributed by atoms with Gasteiger partial charge in [-0.15, -0.1) is 0 Å². The van der Waals surface area contributed by atoms with Crippen LogP contribution < -0.4 is 10.2 Å². The molecule has 0 unspecified atom stereocenters. The summed E-state index contributed by atoms with van der Waals surface area (Å²) in [5.74, 6) is -1.84. The molecule has 0 fully saturated rings. The number of hydrogen-bond donors (Lipinski definition) is 0. The van der Waals surface area contributed by atoms with Crippen molar-refractivity contribution in [3.8, 4) is 5.75 Å². The zero-order valence-corrected chi connectivity index (χ0v) is 8.02. The van der Waals surface area contributed by atoms with Gasteiger partial charge in [-0.3, -0.25) is 0 Å². The first-order valence-corrected chi connectivity index (χ1v) is 4.52. The topological polar surface area (TPSA) is 9.23 Å². The van der Waals surface area contributed by atoms with Crippen molar-refractivity contribution in [2.45, 2.75) is 19.8 Å². The molecule has 0 saturated carbocycles. The van der Waals surface area contributed by atoms with E-state index in [0.717, 1.165) is 25.0 Å². The maximum atomic E-state index is 13.1. The quantitative estimate of drug-likeness (QED) is 0.528. The molecule has 1 nitrogen and oxygen atoms in total. The van der Waals surface area contributed by atoms with Crippen molar-refractivity contribution >= 4 is 13.3 Å². The molecular formula is C10H11BF2O-. The Morgan fingerprint density at radius 3 is 2.36 bits per heavy atom. The van der Waals surface area contributed by atoms with E-state index in [1.165, 1.54) is 0 Å². The van der Waals surface area contributed by atoms with Crippen molar-refractivity contribution in [2.75, 3.05) is 6.61 Å². The summed E-state index contributed by atoms with van der Waals surface area (Å²) in [5, 5.41) is 0. The molecule has 0 aliphatic heterocycles. The van der Waals surface area contributed by atoms with Crippen LogP contribution in [-0.4, -0.2) is 14.5 Å². The molecule has 0 N–H and O–H groups in total. The van der Waals surface area contributed by atoms with Crippen LogP contribution in [0.25, 0.3) is 0 Å². The lowest BCUT2D eigenvalue weighted by Crippen LogP contribution is -2.08. The predicted octanol–water partition coefficient (Wildman–Crippen LogP) is 1.94. The lowest BCUT2D eigenvalue weighted by atomic mass is 9.96. The molecule has 0 bridgehead atoms. The van der Waals surface area contributed by atoms with Crippen LogP contribution in [-0.2, 0) is 0 Å². The maximum absolute atomic E-state index is 13.1. The highest BCUT2D eigenvalue weighted by Gasteiger charge is 2.08. The largest absolute Gasteiger partial charge is 0.580 e. The number of unbranched alkanes of at least 4 members (excludes halogenated alkanes) is 1. The summed E-state index contributed by atoms with van der Waals surface area (Å²) in [7, 11) is 5.25. The van der Waals surface area contributed by atoms with Gasteiger partial charge in [0.05, 0.1) is 6.61 Å². The third kappa shape index (κ3) is 2.72. The number of halogens is 2. The molecule has 3 radical (unpaired) electrons. The molecule has 14 heavy (non-hydrogen) atoms. The Morgan fingerprint density at radius 1 is 1.29 bits per heavy atom. The molecule has 0 atom stereocenters. The van der Waals surface area contributed by atoms with Crippen LogP contribution in [0.3, 0.4) is 0 Å². The average Bonchev–Trinajstić information content (AvgIpc) is 2.09. The van der Waals surface area contributed by atoms with Gasteiger partial charge in [0, 0.05) is 0 Å². The highest BCUT2D eigenvalue weighted by molar-refractivity contribution is 6.32. The van der Waals surface area contributed by atoms with Crippen LogP contribution in [0, 0.1) is 11.6 Å². The maximum Gasteiger partial charge on any atom is 0.190 e. The minimum Gasteiger partial charge on any atom is -0.580 e. The van der Waals surface area contributed by atoms with Gasteiger partial charge in [0.1, 0.15) is 0 Å². The van der Waals surface area contributed by atoms with Gasteiger partial charge < -0.3 is 18.0 Å². The fourth-order valence-corrected chi connectivity index (χ4v) is 1.04. The molecule has 0 heterocycles. The van der Waals surface area contributed by atoms with Crippen LogP contribution in [0.5, 0.6) is 5.75 Å². The average molecular weight is 196 g/mol. The van der Waals surface area contributed by atoms with E-state index in [2.05, 4.69) is 0 Å². The normalized spacial score (nSPS) is 10.3. The van der Waals surface area contributed by atoms with Crippen molar-refractivity contribution in [3.05, 3.63) is 23.8 Å². The molecule has 4 heteroatoms. The summed E-state index contributed by atoms with van der Waals surface area (Å²) in [4.78, 5) is 0. The Balaban J connectivity index is 2.75. The van der Waals surface area contributed by atoms with Gasteiger partial charge in [-0.05, 0) is 6.42 Å². The summed E-state index contributed by atoms with van der Waals surface area (Å²) in [6.07, 6.45) is 1.68. The van der Waals surface area contributed by atoms with E-state index in [1.807, 2.05) is 6.92 Å². The number of benzene rings is 1. The molecule has 0 amide bonds. The molecule has 0 aliphatic rings. The number of hydrogen-bond acceptors (Lipinski definition) is 1. The fourth-order valence-electron chi connectivity index (χ4n) is 1.04. The van der Waals surface area contributed by atoms with Crippen molar-refractivity contribution in [2.24, 2.45) is 0 Å². The highest BCUT2D eigenvalue weighted by atomic mass is 19.1. The molecule has 0 aliphatic carbocycles. The molecule has 75 valence electrons. The van der Waals surface area contributed by atoms with Crippen molar-refractivity contribution in [1.82, 2.24) is 0 Å². The Bertz CT molecular complexity index is 292. The number of rotatable bonds is 4. The van der Waals surface area contributed by atoms with E-state index < -0.39 is 11.6 Å². The van der Waals surface area contributed by atoms with Crippen LogP contribution >= 0.6 is 0 Å². The van der Waals surface area contributed by atoms with Gasteiger partial charge in [0.25, 0.3) is 0 Å². The van der Waals surface area contributed by atoms with Crippen LogP contribution in [0.2, 0.25) is 0 Å². The van der Waals surface area contributed by atoms with E-state index in [4.69, 9.17) is 12.6 Å². The van der Waals surface area contributed by atoms with Crippen LogP contribution in [0.1, 0.15) is 19.8 Å². The van der Waals surface area contributed by atoms with E-state index in [0.29, 0.717) is 6.61 Å². The first-order chi connectivity index (χ1) is 6.65. The van der Waals surface area contributed by atoms with Crippen molar-refractivity contribution < 1.29 is 13.5 Å². The molecule has 0 aromatic heterocycles. The second-order valence-corrected chi connectivity index (χ2v) is 3.02. The first-order valence-electron chi connectivity index (χ1n) is 4.52. The van der Waals surface area contributed by atoms with Gasteiger partial charge in [-0.1, -0.05) is 25.5 Å². The van der Waals surface area contributed by atoms with Gasteiger partial charge >= 0.3 is 0 Å². The minimum absolute atomic E-state index is 0.0582. The van der Waals surface area contributed by atoms with Crippen LogP contribution in [0.15, 0.2) is 12.1 Å². The minimum atomic E-state index is -0.751. The summed E-state index contributed by atoms with van der Waals surface area (Å²) in [5.41, 5.74) is 0.0582. The third-order valence-corrected chi connectivity index (χ3v) is 1.76. The standard InChI is InChI=1S/C10H11BF2O/c1-2-3-4-14-10-8(12)5-7(11)6-9(10)13/h5-6H,2-4H2,1H3/q-1. The number of ether oxygens (including phenoxy) is 1. The lowest BCUT2D eigenvalue weighted by Gasteiger charge is -2.12. The smallest absolute Gasteiger partial charge is 0.190 e. The van der Waals surface area contributed by atoms with Crippen molar-refractivity contribution in [3.63, 3.8) is 0 Å². The predicted molar refractivity (Wildman–Crippen MR) is 52.1 cm³/mol. The summed E-state index contributed by atoms with van der Waals surface area (Å²) < 4.78 is 31.1. The Labute approximate surface area is 83.5 Å². The Morgan fingerprint density at radius 2 is 1.86 bits per heavy atom. The third-order valence-electron chi connectivity index (χ3n) is 1.76. The lowest BCUT2D eigenvalue weighted by molar-refractivity contribution is 0.279. The summed E-state index contributed by atoms with van der Waals surface area (Å²) in [6, 6.07) is 2.09. The molecule has 1 aromatic rings. The highest BCUT2D eigenvalue weighted by Crippen LogP contribution is 2.19. The van der Waals surface area contributed by atoms with Gasteiger partial charge in [-0.2, -0.15) is 0 Å². The van der Waals surface area contributed by atoms with E-state index in [1.54, 1.807) is 0 Å². The molecule has 1 rings (SSSR count). The first kappa shape index (κ1) is 11.0. The van der Waals surface area contributed by atoms with Gasteiger partial charge in [0.15, 0.2) is 17.4 Å². The van der Waals surface area contributed by atoms with Gasteiger partial charge in [-0.25, -0.2) is 8.78 Å². The summed E-state index contributed by atoms with van der Waals surface area (Å²) >= 11 is 0. The molecule has 0 spiro atoms. The SMILES string of the molecule is [B-]c1cc(F)c(OCCCC)c(F)c1. The van der Waals surface area contributed by atoms with E-state index in [9.17, 15) is 8.78 Å². The van der Waals surface area contributed by atoms with Crippen molar-refractivity contribution in [1.29, 1.82) is 0 Å². The van der Waals surface area contributed by atoms with Gasteiger partial charge in [0.2, 0.25) is 0 Å². The van der Waals surface area contributed by atoms with E-state index >= 15 is 0 Å². The monoisotopic (exact) mass is 196 g/mol. The zero-order valence-electron chi connectivity index (χ0n) is 8.02. The summed E-state index contributed by atoms with van der Waals surface area (Å²) in [6.45, 7) is 2.29. The second-order valence-electron chi connectivity index (χ2n) is 3.02. The zero-order chi connectivity index (χ0) is 10.6. The molecular weight excluding hydrogens is 185 g/mol. The Hall–Kier alpha value is -1.06.